The van der Waals surface area contributed by atoms with Crippen molar-refractivity contribution in [1.29, 1.82) is 0 Å². The van der Waals surface area contributed by atoms with Gasteiger partial charge in [0.2, 0.25) is 0 Å². The van der Waals surface area contributed by atoms with E-state index in [0.29, 0.717) is 0 Å². The maximum atomic E-state index is 2.18. The molecule has 1 aromatic carbocycles. The Morgan fingerprint density at radius 1 is 1.20 bits per heavy atom. The monoisotopic (exact) mass is 138 g/mol. The Balaban J connectivity index is 0. The Bertz CT molecular complexity index is 177. The molecule has 0 atom stereocenters. The molecule has 0 fully saturated rings. The van der Waals surface area contributed by atoms with Gasteiger partial charge in [-0.25, -0.2) is 0 Å². The fraction of sp³-hybridized carbons (Fsp3) is 0.400. The topological polar surface area (TPSA) is 0 Å². The molecule has 0 saturated carbocycles. The third-order valence-electron chi connectivity index (χ3n) is 1.53. The van der Waals surface area contributed by atoms with Crippen molar-refractivity contribution in [2.24, 2.45) is 0 Å². The van der Waals surface area contributed by atoms with Gasteiger partial charge in [0.25, 0.3) is 0 Å². The van der Waals surface area contributed by atoms with Crippen LogP contribution in [-0.4, -0.2) is 0 Å². The largest absolute Gasteiger partial charge is 0.0776 e. The molecule has 0 nitrogen and oxygen atoms in total. The molecule has 0 aromatic heterocycles. The maximum absolute atomic E-state index is 2.18. The lowest BCUT2D eigenvalue weighted by Crippen LogP contribution is -1.77. The standard InChI is InChI=1S/C9H12.CH4.H2/c1-3-9-6-4-8(2)5-7-9;;/h4-7H,3H2,1-2H3;1H4;1H. The van der Waals surface area contributed by atoms with Gasteiger partial charge in [-0.2, -0.15) is 0 Å². The highest BCUT2D eigenvalue weighted by atomic mass is 13.9. The Labute approximate surface area is 65.4 Å². The molecule has 0 bridgehead atoms. The van der Waals surface area contributed by atoms with Gasteiger partial charge < -0.3 is 0 Å². The van der Waals surface area contributed by atoms with E-state index < -0.39 is 0 Å². The number of hydrogen-bond acceptors (Lipinski definition) is 0. The average molecular weight is 138 g/mol. The minimum Gasteiger partial charge on any atom is -0.0776 e. The molecule has 0 aliphatic heterocycles. The van der Waals surface area contributed by atoms with Gasteiger partial charge in [0, 0.05) is 1.43 Å². The van der Waals surface area contributed by atoms with Gasteiger partial charge in [0.05, 0.1) is 0 Å². The third-order valence-corrected chi connectivity index (χ3v) is 1.53. The summed E-state index contributed by atoms with van der Waals surface area (Å²) in [5, 5.41) is 0. The van der Waals surface area contributed by atoms with Crippen molar-refractivity contribution < 1.29 is 1.43 Å². The second kappa shape index (κ2) is 4.10. The summed E-state index contributed by atoms with van der Waals surface area (Å²) in [4.78, 5) is 0. The first-order valence-corrected chi connectivity index (χ1v) is 3.38. The van der Waals surface area contributed by atoms with E-state index in [1.807, 2.05) is 0 Å². The highest BCUT2D eigenvalue weighted by molar-refractivity contribution is 5.20. The van der Waals surface area contributed by atoms with E-state index in [-0.39, 0.29) is 8.85 Å². The zero-order valence-electron chi connectivity index (χ0n) is 6.02. The average Bonchev–Trinajstić information content (AvgIpc) is 1.90. The van der Waals surface area contributed by atoms with Crippen LogP contribution in [0.25, 0.3) is 0 Å². The van der Waals surface area contributed by atoms with E-state index in [2.05, 4.69) is 38.1 Å². The van der Waals surface area contributed by atoms with E-state index in [9.17, 15) is 0 Å². The summed E-state index contributed by atoms with van der Waals surface area (Å²) >= 11 is 0. The molecule has 0 N–H and O–H groups in total. The van der Waals surface area contributed by atoms with E-state index >= 15 is 0 Å². The SMILES string of the molecule is C.CCc1ccc(C)cc1.[HH]. The van der Waals surface area contributed by atoms with Crippen LogP contribution in [0.5, 0.6) is 0 Å². The normalized spacial score (nSPS) is 8.60. The van der Waals surface area contributed by atoms with Crippen molar-refractivity contribution in [3.8, 4) is 0 Å². The Hall–Kier alpha value is -0.780. The second-order valence-electron chi connectivity index (χ2n) is 2.34. The third kappa shape index (κ3) is 2.22. The van der Waals surface area contributed by atoms with Gasteiger partial charge in [0.15, 0.2) is 0 Å². The summed E-state index contributed by atoms with van der Waals surface area (Å²) < 4.78 is 0. The zero-order valence-corrected chi connectivity index (χ0v) is 6.02. The molecule has 1 aromatic rings. The van der Waals surface area contributed by atoms with Gasteiger partial charge in [0.1, 0.15) is 0 Å². The van der Waals surface area contributed by atoms with Crippen molar-refractivity contribution >= 4 is 0 Å². The van der Waals surface area contributed by atoms with Gasteiger partial charge in [-0.05, 0) is 18.9 Å². The molecule has 0 spiro atoms. The molecule has 10 heavy (non-hydrogen) atoms. The first-order chi connectivity index (χ1) is 4.33. The van der Waals surface area contributed by atoms with E-state index in [4.69, 9.17) is 0 Å². The lowest BCUT2D eigenvalue weighted by atomic mass is 10.1. The lowest BCUT2D eigenvalue weighted by molar-refractivity contribution is 1.14. The molecule has 0 heteroatoms. The fourth-order valence-electron chi connectivity index (χ4n) is 0.824. The number of aryl methyl sites for hydroxylation is 2. The molecule has 0 unspecified atom stereocenters. The van der Waals surface area contributed by atoms with Crippen LogP contribution in [0.3, 0.4) is 0 Å². The molecule has 0 amide bonds. The molecule has 58 valence electrons. The molecule has 0 aliphatic carbocycles. The number of benzene rings is 1. The Kier molecular flexibility index (Phi) is 3.78. The van der Waals surface area contributed by atoms with E-state index in [1.54, 1.807) is 0 Å². The van der Waals surface area contributed by atoms with Crippen molar-refractivity contribution in [2.75, 3.05) is 0 Å². The van der Waals surface area contributed by atoms with Crippen molar-refractivity contribution in [3.05, 3.63) is 35.4 Å². The van der Waals surface area contributed by atoms with Crippen LogP contribution in [0.2, 0.25) is 0 Å². The summed E-state index contributed by atoms with van der Waals surface area (Å²) in [5.74, 6) is 0. The number of rotatable bonds is 1. The second-order valence-corrected chi connectivity index (χ2v) is 2.34. The predicted octanol–water partition coefficient (Wildman–Crippen LogP) is 3.44. The zero-order chi connectivity index (χ0) is 6.69. The van der Waals surface area contributed by atoms with E-state index in [1.165, 1.54) is 11.1 Å². The van der Waals surface area contributed by atoms with Gasteiger partial charge in [-0.1, -0.05) is 44.2 Å². The molecule has 0 saturated heterocycles. The molecular weight excluding hydrogens is 120 g/mol. The minimum atomic E-state index is 0. The van der Waals surface area contributed by atoms with Crippen LogP contribution in [0, 0.1) is 6.92 Å². The summed E-state index contributed by atoms with van der Waals surface area (Å²) in [7, 11) is 0. The van der Waals surface area contributed by atoms with Crippen molar-refractivity contribution in [2.45, 2.75) is 27.7 Å². The van der Waals surface area contributed by atoms with Gasteiger partial charge in [-0.3, -0.25) is 0 Å². The van der Waals surface area contributed by atoms with Crippen LogP contribution in [0.4, 0.5) is 0 Å². The number of hydrogen-bond donors (Lipinski definition) is 0. The Morgan fingerprint density at radius 3 is 2.10 bits per heavy atom. The summed E-state index contributed by atoms with van der Waals surface area (Å²) in [6.45, 7) is 4.28. The van der Waals surface area contributed by atoms with Crippen LogP contribution < -0.4 is 0 Å². The van der Waals surface area contributed by atoms with Crippen LogP contribution in [-0.2, 0) is 6.42 Å². The summed E-state index contributed by atoms with van der Waals surface area (Å²) in [6, 6.07) is 8.66. The van der Waals surface area contributed by atoms with E-state index in [0.717, 1.165) is 6.42 Å². The van der Waals surface area contributed by atoms with Crippen molar-refractivity contribution in [1.82, 2.24) is 0 Å². The summed E-state index contributed by atoms with van der Waals surface area (Å²) in [6.07, 6.45) is 1.14. The fourth-order valence-corrected chi connectivity index (χ4v) is 0.824. The predicted molar refractivity (Wildman–Crippen MR) is 49.4 cm³/mol. The maximum Gasteiger partial charge on any atom is 0 e. The van der Waals surface area contributed by atoms with Crippen molar-refractivity contribution in [3.63, 3.8) is 0 Å². The van der Waals surface area contributed by atoms with Crippen LogP contribution in [0.15, 0.2) is 24.3 Å². The first kappa shape index (κ1) is 9.22. The quantitative estimate of drug-likeness (QED) is 0.557. The smallest absolute Gasteiger partial charge is 0 e. The summed E-state index contributed by atoms with van der Waals surface area (Å²) in [5.41, 5.74) is 2.76. The minimum absolute atomic E-state index is 0. The molecular formula is C10H18. The molecule has 0 heterocycles. The highest BCUT2D eigenvalue weighted by Gasteiger charge is 1.84. The van der Waals surface area contributed by atoms with Gasteiger partial charge >= 0.3 is 0 Å². The molecule has 1 rings (SSSR count). The Morgan fingerprint density at radius 2 is 1.70 bits per heavy atom. The van der Waals surface area contributed by atoms with Crippen LogP contribution in [0.1, 0.15) is 26.9 Å². The first-order valence-electron chi connectivity index (χ1n) is 3.38. The molecule has 0 radical (unpaired) electrons. The van der Waals surface area contributed by atoms with Gasteiger partial charge in [-0.15, -0.1) is 0 Å². The van der Waals surface area contributed by atoms with Crippen LogP contribution >= 0.6 is 0 Å². The lowest BCUT2D eigenvalue weighted by Gasteiger charge is -1.94. The molecule has 0 aliphatic rings. The highest BCUT2D eigenvalue weighted by Crippen LogP contribution is 2.02.